The van der Waals surface area contributed by atoms with E-state index < -0.39 is 0 Å². The average molecular weight is 312 g/mol. The molecule has 6 heteroatoms. The Hall–Kier alpha value is -1.46. The Kier molecular flexibility index (Phi) is 8.70. The van der Waals surface area contributed by atoms with Crippen LogP contribution in [0.15, 0.2) is 4.99 Å². The molecule has 22 heavy (non-hydrogen) atoms. The van der Waals surface area contributed by atoms with Crippen LogP contribution in [0.25, 0.3) is 0 Å². The summed E-state index contributed by atoms with van der Waals surface area (Å²) in [6, 6.07) is 0.363. The number of nitrogens with one attached hydrogen (secondary N) is 2. The van der Waals surface area contributed by atoms with Crippen LogP contribution in [0.5, 0.6) is 0 Å². The standard InChI is InChI=1S/C16H32N4O2/c1-5-17-15(18-10-7-13(3)4)19-14-8-11-20(12-9-14)16(21)22-6-2/h13-14H,5-12H2,1-4H3,(H2,17,18,19). The average Bonchev–Trinajstić information content (AvgIpc) is 2.48. The summed E-state index contributed by atoms with van der Waals surface area (Å²) in [7, 11) is 0. The van der Waals surface area contributed by atoms with E-state index >= 15 is 0 Å². The fourth-order valence-electron chi connectivity index (χ4n) is 2.37. The van der Waals surface area contributed by atoms with E-state index in [-0.39, 0.29) is 6.09 Å². The quantitative estimate of drug-likeness (QED) is 0.583. The van der Waals surface area contributed by atoms with Crippen molar-refractivity contribution >= 4 is 12.1 Å². The van der Waals surface area contributed by atoms with Gasteiger partial charge in [-0.1, -0.05) is 13.8 Å². The van der Waals surface area contributed by atoms with Gasteiger partial charge in [0, 0.05) is 32.2 Å². The molecule has 0 aromatic heterocycles. The second kappa shape index (κ2) is 10.3. The molecule has 1 fully saturated rings. The van der Waals surface area contributed by atoms with E-state index in [1.807, 2.05) is 6.92 Å². The molecule has 0 aromatic rings. The Labute approximate surface area is 134 Å². The third-order valence-electron chi connectivity index (χ3n) is 3.68. The third-order valence-corrected chi connectivity index (χ3v) is 3.68. The second-order valence-corrected chi connectivity index (χ2v) is 6.05. The maximum absolute atomic E-state index is 11.7. The van der Waals surface area contributed by atoms with Crippen LogP contribution in [0.2, 0.25) is 0 Å². The summed E-state index contributed by atoms with van der Waals surface area (Å²) in [6.07, 6.45) is 2.75. The first-order valence-electron chi connectivity index (χ1n) is 8.53. The molecule has 0 bridgehead atoms. The van der Waals surface area contributed by atoms with Gasteiger partial charge in [-0.15, -0.1) is 0 Å². The van der Waals surface area contributed by atoms with Crippen molar-refractivity contribution in [3.8, 4) is 0 Å². The number of aliphatic imine (C=N–C) groups is 1. The van der Waals surface area contributed by atoms with Crippen LogP contribution < -0.4 is 10.6 Å². The Balaban J connectivity index is 2.39. The van der Waals surface area contributed by atoms with Gasteiger partial charge < -0.3 is 20.3 Å². The van der Waals surface area contributed by atoms with Crippen LogP contribution in [0, 0.1) is 5.92 Å². The molecular weight excluding hydrogens is 280 g/mol. The van der Waals surface area contributed by atoms with Crippen LogP contribution >= 0.6 is 0 Å². The van der Waals surface area contributed by atoms with Gasteiger partial charge in [-0.25, -0.2) is 4.79 Å². The van der Waals surface area contributed by atoms with Crippen molar-refractivity contribution in [3.63, 3.8) is 0 Å². The van der Waals surface area contributed by atoms with Crippen molar-refractivity contribution in [1.29, 1.82) is 0 Å². The monoisotopic (exact) mass is 312 g/mol. The topological polar surface area (TPSA) is 66.0 Å². The van der Waals surface area contributed by atoms with Crippen molar-refractivity contribution in [2.24, 2.45) is 10.9 Å². The number of guanidine groups is 1. The molecule has 0 saturated carbocycles. The van der Waals surface area contributed by atoms with Crippen LogP contribution in [-0.4, -0.2) is 55.8 Å². The maximum atomic E-state index is 11.7. The number of likely N-dealkylation sites (tertiary alicyclic amines) is 1. The molecule has 0 aliphatic carbocycles. The summed E-state index contributed by atoms with van der Waals surface area (Å²) >= 11 is 0. The van der Waals surface area contributed by atoms with Gasteiger partial charge in [0.15, 0.2) is 5.96 Å². The molecule has 6 nitrogen and oxygen atoms in total. The van der Waals surface area contributed by atoms with Crippen LogP contribution in [0.4, 0.5) is 4.79 Å². The van der Waals surface area contributed by atoms with Crippen molar-refractivity contribution in [2.75, 3.05) is 32.8 Å². The summed E-state index contributed by atoms with van der Waals surface area (Å²) in [6.45, 7) is 11.9. The van der Waals surface area contributed by atoms with E-state index in [2.05, 4.69) is 36.4 Å². The van der Waals surface area contributed by atoms with Gasteiger partial charge in [0.05, 0.1) is 6.61 Å². The summed E-state index contributed by atoms with van der Waals surface area (Å²) in [5.41, 5.74) is 0. The summed E-state index contributed by atoms with van der Waals surface area (Å²) in [5, 5.41) is 6.77. The predicted molar refractivity (Wildman–Crippen MR) is 90.2 cm³/mol. The number of hydrogen-bond donors (Lipinski definition) is 2. The minimum Gasteiger partial charge on any atom is -0.450 e. The lowest BCUT2D eigenvalue weighted by Gasteiger charge is -2.32. The zero-order valence-corrected chi connectivity index (χ0v) is 14.5. The molecule has 0 radical (unpaired) electrons. The zero-order valence-electron chi connectivity index (χ0n) is 14.5. The van der Waals surface area contributed by atoms with Gasteiger partial charge in [0.1, 0.15) is 0 Å². The Morgan fingerprint density at radius 1 is 1.32 bits per heavy atom. The molecule has 1 saturated heterocycles. The lowest BCUT2D eigenvalue weighted by molar-refractivity contribution is 0.0963. The molecule has 1 aliphatic heterocycles. The van der Waals surface area contributed by atoms with E-state index in [0.29, 0.717) is 18.6 Å². The van der Waals surface area contributed by atoms with E-state index in [9.17, 15) is 4.79 Å². The van der Waals surface area contributed by atoms with Crippen LogP contribution in [-0.2, 0) is 4.74 Å². The van der Waals surface area contributed by atoms with Crippen LogP contribution in [0.1, 0.15) is 47.0 Å². The summed E-state index contributed by atoms with van der Waals surface area (Å²) in [5.74, 6) is 1.55. The molecule has 0 aromatic carbocycles. The molecule has 1 aliphatic rings. The number of piperidine rings is 1. The van der Waals surface area contributed by atoms with Crippen molar-refractivity contribution in [1.82, 2.24) is 15.5 Å². The predicted octanol–water partition coefficient (Wildman–Crippen LogP) is 2.21. The first-order valence-corrected chi connectivity index (χ1v) is 8.53. The van der Waals surface area contributed by atoms with E-state index in [1.165, 1.54) is 0 Å². The molecule has 1 amide bonds. The van der Waals surface area contributed by atoms with E-state index in [4.69, 9.17) is 4.74 Å². The first kappa shape index (κ1) is 18.6. The van der Waals surface area contributed by atoms with Gasteiger partial charge in [-0.05, 0) is 39.0 Å². The highest BCUT2D eigenvalue weighted by Crippen LogP contribution is 2.11. The maximum Gasteiger partial charge on any atom is 0.409 e. The lowest BCUT2D eigenvalue weighted by Crippen LogP contribution is -2.49. The lowest BCUT2D eigenvalue weighted by atomic mass is 10.1. The van der Waals surface area contributed by atoms with Crippen LogP contribution in [0.3, 0.4) is 0 Å². The van der Waals surface area contributed by atoms with Gasteiger partial charge >= 0.3 is 6.09 Å². The third kappa shape index (κ3) is 7.00. The fourth-order valence-corrected chi connectivity index (χ4v) is 2.37. The van der Waals surface area contributed by atoms with E-state index in [0.717, 1.165) is 51.4 Å². The van der Waals surface area contributed by atoms with Crippen molar-refractivity contribution in [3.05, 3.63) is 0 Å². The Morgan fingerprint density at radius 3 is 2.55 bits per heavy atom. The fraction of sp³-hybridized carbons (Fsp3) is 0.875. The molecular formula is C16H32N4O2. The summed E-state index contributed by atoms with van der Waals surface area (Å²) in [4.78, 5) is 18.1. The molecule has 1 heterocycles. The first-order chi connectivity index (χ1) is 10.6. The SMILES string of the molecule is CCNC(=NCCC(C)C)NC1CCN(C(=O)OCC)CC1. The Morgan fingerprint density at radius 2 is 2.00 bits per heavy atom. The molecule has 0 atom stereocenters. The van der Waals surface area contributed by atoms with Gasteiger partial charge in [-0.3, -0.25) is 4.99 Å². The molecule has 1 rings (SSSR count). The van der Waals surface area contributed by atoms with Crippen molar-refractivity contribution in [2.45, 2.75) is 53.0 Å². The molecule has 2 N–H and O–H groups in total. The second-order valence-electron chi connectivity index (χ2n) is 6.05. The zero-order chi connectivity index (χ0) is 16.4. The highest BCUT2D eigenvalue weighted by atomic mass is 16.6. The van der Waals surface area contributed by atoms with E-state index in [1.54, 1.807) is 4.90 Å². The van der Waals surface area contributed by atoms with Gasteiger partial charge in [-0.2, -0.15) is 0 Å². The largest absolute Gasteiger partial charge is 0.450 e. The number of hydrogen-bond acceptors (Lipinski definition) is 3. The van der Waals surface area contributed by atoms with Gasteiger partial charge in [0.25, 0.3) is 0 Å². The molecule has 0 unspecified atom stereocenters. The normalized spacial score (nSPS) is 16.8. The number of nitrogens with zero attached hydrogens (tertiary/aromatic N) is 2. The number of carbonyl (C=O) groups is 1. The molecule has 0 spiro atoms. The number of rotatable bonds is 6. The smallest absolute Gasteiger partial charge is 0.409 e. The summed E-state index contributed by atoms with van der Waals surface area (Å²) < 4.78 is 5.04. The molecule has 128 valence electrons. The minimum absolute atomic E-state index is 0.196. The highest BCUT2D eigenvalue weighted by molar-refractivity contribution is 5.80. The number of carbonyl (C=O) groups excluding carboxylic acids is 1. The van der Waals surface area contributed by atoms with Crippen molar-refractivity contribution < 1.29 is 9.53 Å². The highest BCUT2D eigenvalue weighted by Gasteiger charge is 2.23. The number of amides is 1. The minimum atomic E-state index is -0.196. The Bertz CT molecular complexity index is 350. The van der Waals surface area contributed by atoms with Gasteiger partial charge in [0.2, 0.25) is 0 Å². The number of ether oxygens (including phenoxy) is 1.